The lowest BCUT2D eigenvalue weighted by molar-refractivity contribution is 0.0698. The van der Waals surface area contributed by atoms with Crippen LogP contribution in [-0.4, -0.2) is 34.0 Å². The Morgan fingerprint density at radius 1 is 1.48 bits per heavy atom. The van der Waals surface area contributed by atoms with E-state index in [0.717, 1.165) is 5.69 Å². The molecule has 2 aromatic rings. The van der Waals surface area contributed by atoms with Crippen LogP contribution in [-0.2, 0) is 6.54 Å². The van der Waals surface area contributed by atoms with Gasteiger partial charge in [0.1, 0.15) is 0 Å². The van der Waals surface area contributed by atoms with E-state index in [1.807, 2.05) is 5.38 Å². The second kappa shape index (κ2) is 6.68. The van der Waals surface area contributed by atoms with Gasteiger partial charge in [0, 0.05) is 16.9 Å². The molecule has 110 valence electrons. The molecular weight excluding hydrogens is 358 g/mol. The number of hydrogen-bond acceptors (Lipinski definition) is 4. The normalized spacial score (nSPS) is 10.2. The first-order chi connectivity index (χ1) is 9.99. The van der Waals surface area contributed by atoms with Crippen molar-refractivity contribution in [3.63, 3.8) is 0 Å². The Hall–Kier alpha value is -1.93. The zero-order valence-corrected chi connectivity index (χ0v) is 13.4. The highest BCUT2D eigenvalue weighted by Gasteiger charge is 2.17. The largest absolute Gasteiger partial charge is 0.478 e. The molecule has 0 atom stereocenters. The van der Waals surface area contributed by atoms with E-state index in [-0.39, 0.29) is 11.3 Å². The van der Waals surface area contributed by atoms with Crippen LogP contribution in [0.25, 0.3) is 0 Å². The van der Waals surface area contributed by atoms with Crippen LogP contribution in [0, 0.1) is 0 Å². The van der Waals surface area contributed by atoms with Crippen LogP contribution in [0.1, 0.15) is 16.1 Å². The highest BCUT2D eigenvalue weighted by Crippen LogP contribution is 2.26. The summed E-state index contributed by atoms with van der Waals surface area (Å²) in [6.07, 6.45) is 0. The summed E-state index contributed by atoms with van der Waals surface area (Å²) in [5.74, 6) is -1.10. The summed E-state index contributed by atoms with van der Waals surface area (Å²) in [6.45, 7) is 0.349. The number of anilines is 1. The fourth-order valence-electron chi connectivity index (χ4n) is 1.66. The standard InChI is InChI=1S/C13H12BrN3O3S/c1-17(5-8-6-21-7-15-8)13(20)16-11-9(12(18)19)3-2-4-10(11)14/h2-4,6-7H,5H2,1H3,(H,16,20)(H,18,19). The van der Waals surface area contributed by atoms with Crippen LogP contribution in [0.15, 0.2) is 33.6 Å². The summed E-state index contributed by atoms with van der Waals surface area (Å²) < 4.78 is 0.512. The van der Waals surface area contributed by atoms with Crippen molar-refractivity contribution in [1.82, 2.24) is 9.88 Å². The molecule has 0 aliphatic heterocycles. The van der Waals surface area contributed by atoms with Crippen molar-refractivity contribution in [3.8, 4) is 0 Å². The first kappa shape index (κ1) is 15.5. The van der Waals surface area contributed by atoms with Crippen molar-refractivity contribution in [1.29, 1.82) is 0 Å². The number of nitrogens with one attached hydrogen (secondary N) is 1. The first-order valence-corrected chi connectivity index (χ1v) is 7.63. The number of carbonyl (C=O) groups is 2. The van der Waals surface area contributed by atoms with Crippen LogP contribution < -0.4 is 5.32 Å². The molecule has 1 aromatic carbocycles. The number of carbonyl (C=O) groups excluding carboxylic acids is 1. The van der Waals surface area contributed by atoms with Gasteiger partial charge in [-0.15, -0.1) is 11.3 Å². The average molecular weight is 370 g/mol. The molecule has 0 fully saturated rings. The van der Waals surface area contributed by atoms with Gasteiger partial charge in [0.25, 0.3) is 0 Å². The summed E-state index contributed by atoms with van der Waals surface area (Å²) in [4.78, 5) is 28.9. The smallest absolute Gasteiger partial charge is 0.337 e. The molecule has 6 nitrogen and oxygen atoms in total. The van der Waals surface area contributed by atoms with Gasteiger partial charge in [0.15, 0.2) is 0 Å². The fourth-order valence-corrected chi connectivity index (χ4v) is 2.68. The van der Waals surface area contributed by atoms with Gasteiger partial charge < -0.3 is 15.3 Å². The highest BCUT2D eigenvalue weighted by atomic mass is 79.9. The van der Waals surface area contributed by atoms with E-state index in [1.165, 1.54) is 22.3 Å². The Labute approximate surface area is 133 Å². The predicted octanol–water partition coefficient (Wildman–Crippen LogP) is 3.27. The quantitative estimate of drug-likeness (QED) is 0.866. The molecule has 0 bridgehead atoms. The van der Waals surface area contributed by atoms with Crippen molar-refractivity contribution in [2.45, 2.75) is 6.54 Å². The second-order valence-electron chi connectivity index (χ2n) is 4.23. The highest BCUT2D eigenvalue weighted by molar-refractivity contribution is 9.10. The number of carboxylic acid groups (broad SMARTS) is 1. The molecular formula is C13H12BrN3O3S. The molecule has 0 saturated carbocycles. The molecule has 0 radical (unpaired) electrons. The van der Waals surface area contributed by atoms with Gasteiger partial charge >= 0.3 is 12.0 Å². The van der Waals surface area contributed by atoms with Crippen molar-refractivity contribution >= 4 is 45.0 Å². The van der Waals surface area contributed by atoms with E-state index in [0.29, 0.717) is 11.0 Å². The van der Waals surface area contributed by atoms with Gasteiger partial charge in [-0.3, -0.25) is 0 Å². The maximum atomic E-state index is 12.1. The predicted molar refractivity (Wildman–Crippen MR) is 83.7 cm³/mol. The summed E-state index contributed by atoms with van der Waals surface area (Å²) in [5.41, 5.74) is 2.74. The van der Waals surface area contributed by atoms with E-state index in [1.54, 1.807) is 24.7 Å². The molecule has 1 heterocycles. The number of carboxylic acids is 1. The number of aromatic nitrogens is 1. The molecule has 0 unspecified atom stereocenters. The molecule has 1 aromatic heterocycles. The molecule has 21 heavy (non-hydrogen) atoms. The minimum absolute atomic E-state index is 0.0276. The Morgan fingerprint density at radius 3 is 2.86 bits per heavy atom. The van der Waals surface area contributed by atoms with Gasteiger partial charge in [-0.05, 0) is 28.1 Å². The molecule has 0 aliphatic rings. The van der Waals surface area contributed by atoms with Gasteiger partial charge in [-0.2, -0.15) is 0 Å². The van der Waals surface area contributed by atoms with Gasteiger partial charge in [0.2, 0.25) is 0 Å². The van der Waals surface area contributed by atoms with Gasteiger partial charge in [-0.1, -0.05) is 6.07 Å². The zero-order valence-electron chi connectivity index (χ0n) is 11.0. The third-order valence-electron chi connectivity index (χ3n) is 2.71. The number of hydrogen-bond donors (Lipinski definition) is 2. The summed E-state index contributed by atoms with van der Waals surface area (Å²) in [7, 11) is 1.62. The number of rotatable bonds is 4. The lowest BCUT2D eigenvalue weighted by Gasteiger charge is -2.18. The van der Waals surface area contributed by atoms with Crippen molar-refractivity contribution < 1.29 is 14.7 Å². The lowest BCUT2D eigenvalue weighted by Crippen LogP contribution is -2.31. The number of para-hydroxylation sites is 1. The van der Waals surface area contributed by atoms with Crippen molar-refractivity contribution in [2.75, 3.05) is 12.4 Å². The molecule has 0 spiro atoms. The van der Waals surface area contributed by atoms with E-state index < -0.39 is 12.0 Å². The first-order valence-electron chi connectivity index (χ1n) is 5.90. The Morgan fingerprint density at radius 2 is 2.24 bits per heavy atom. The molecule has 0 saturated heterocycles. The topological polar surface area (TPSA) is 82.5 Å². The molecule has 0 aliphatic carbocycles. The summed E-state index contributed by atoms with van der Waals surface area (Å²) in [6, 6.07) is 4.30. The van der Waals surface area contributed by atoms with Crippen LogP contribution in [0.2, 0.25) is 0 Å². The number of halogens is 1. The van der Waals surface area contributed by atoms with Crippen molar-refractivity contribution in [2.24, 2.45) is 0 Å². The zero-order chi connectivity index (χ0) is 15.4. The van der Waals surface area contributed by atoms with E-state index in [2.05, 4.69) is 26.2 Å². The van der Waals surface area contributed by atoms with Crippen LogP contribution in [0.5, 0.6) is 0 Å². The fraction of sp³-hybridized carbons (Fsp3) is 0.154. The minimum atomic E-state index is -1.10. The van der Waals surface area contributed by atoms with E-state index in [9.17, 15) is 9.59 Å². The molecule has 8 heteroatoms. The average Bonchev–Trinajstić information content (AvgIpc) is 2.93. The van der Waals surface area contributed by atoms with Crippen LogP contribution in [0.4, 0.5) is 10.5 Å². The summed E-state index contributed by atoms with van der Waals surface area (Å²) in [5, 5.41) is 13.6. The number of urea groups is 1. The van der Waals surface area contributed by atoms with Crippen LogP contribution in [0.3, 0.4) is 0 Å². The maximum absolute atomic E-state index is 12.1. The second-order valence-corrected chi connectivity index (χ2v) is 5.81. The third-order valence-corrected chi connectivity index (χ3v) is 4.00. The van der Waals surface area contributed by atoms with E-state index in [4.69, 9.17) is 5.11 Å². The van der Waals surface area contributed by atoms with Gasteiger partial charge in [0.05, 0.1) is 29.0 Å². The van der Waals surface area contributed by atoms with Gasteiger partial charge in [-0.25, -0.2) is 14.6 Å². The molecule has 2 amide bonds. The Balaban J connectivity index is 2.14. The minimum Gasteiger partial charge on any atom is -0.478 e. The summed E-state index contributed by atoms with van der Waals surface area (Å²) >= 11 is 4.70. The number of thiazole rings is 1. The number of nitrogens with zero attached hydrogens (tertiary/aromatic N) is 2. The molecule has 2 N–H and O–H groups in total. The number of aromatic carboxylic acids is 1. The Bertz CT molecular complexity index is 661. The van der Waals surface area contributed by atoms with E-state index >= 15 is 0 Å². The third kappa shape index (κ3) is 3.79. The van der Waals surface area contributed by atoms with Crippen LogP contribution >= 0.6 is 27.3 Å². The monoisotopic (exact) mass is 369 g/mol. The Kier molecular flexibility index (Phi) is 4.92. The van der Waals surface area contributed by atoms with Crippen molar-refractivity contribution in [3.05, 3.63) is 44.8 Å². The number of benzene rings is 1. The SMILES string of the molecule is CN(Cc1cscn1)C(=O)Nc1c(Br)cccc1C(=O)O. The lowest BCUT2D eigenvalue weighted by atomic mass is 10.2. The number of amides is 2. The molecule has 2 rings (SSSR count). The maximum Gasteiger partial charge on any atom is 0.337 e.